The third-order valence-electron chi connectivity index (χ3n) is 4.34. The Bertz CT molecular complexity index is 836. The second-order valence-electron chi connectivity index (χ2n) is 5.88. The van der Waals surface area contributed by atoms with Crippen LogP contribution in [0.4, 0.5) is 0 Å². The summed E-state index contributed by atoms with van der Waals surface area (Å²) in [5.41, 5.74) is 2.21. The fourth-order valence-electron chi connectivity index (χ4n) is 3.13. The van der Waals surface area contributed by atoms with Gasteiger partial charge in [-0.05, 0) is 37.5 Å². The molecule has 6 heteroatoms. The zero-order valence-corrected chi connectivity index (χ0v) is 15.5. The van der Waals surface area contributed by atoms with Crippen LogP contribution in [0.15, 0.2) is 30.5 Å². The van der Waals surface area contributed by atoms with Crippen LogP contribution >= 0.6 is 0 Å². The van der Waals surface area contributed by atoms with E-state index in [0.29, 0.717) is 18.5 Å². The molecule has 1 aromatic carbocycles. The molecule has 1 atom stereocenters. The number of fused-ring (bicyclic) bond motifs is 1. The Balaban J connectivity index is 0.00000117. The second-order valence-corrected chi connectivity index (χ2v) is 5.88. The summed E-state index contributed by atoms with van der Waals surface area (Å²) in [4.78, 5) is 30.5. The maximum absolute atomic E-state index is 12.5. The standard InChI is InChI=1S/C18H18N4O2.C2H6/c1-12-4-2-6-15-17(12)14(7-8-20-15)18(24)21-11-16(23)22-9-3-5-13(22)10-19;1-2/h2,4,6-8,13H,3,5,9,11H2,1H3,(H,21,24);1-2H3. The number of hydrogen-bond acceptors (Lipinski definition) is 4. The van der Waals surface area contributed by atoms with Crippen molar-refractivity contribution in [2.45, 2.75) is 39.7 Å². The van der Waals surface area contributed by atoms with Gasteiger partial charge in [-0.25, -0.2) is 0 Å². The first kappa shape index (κ1) is 19.4. The Hall–Kier alpha value is -2.94. The number of nitriles is 1. The molecule has 1 aliphatic rings. The molecule has 0 radical (unpaired) electrons. The molecule has 0 aliphatic carbocycles. The number of nitrogens with zero attached hydrogens (tertiary/aromatic N) is 3. The molecule has 0 saturated carbocycles. The van der Waals surface area contributed by atoms with Crippen molar-refractivity contribution in [1.29, 1.82) is 5.26 Å². The molecule has 2 aromatic rings. The summed E-state index contributed by atoms with van der Waals surface area (Å²) in [5.74, 6) is -0.528. The summed E-state index contributed by atoms with van der Waals surface area (Å²) >= 11 is 0. The predicted molar refractivity (Wildman–Crippen MR) is 101 cm³/mol. The van der Waals surface area contributed by atoms with Gasteiger partial charge in [0.05, 0.1) is 23.7 Å². The zero-order chi connectivity index (χ0) is 19.1. The summed E-state index contributed by atoms with van der Waals surface area (Å²) in [7, 11) is 0. The largest absolute Gasteiger partial charge is 0.343 e. The molecule has 1 N–H and O–H groups in total. The normalized spacial score (nSPS) is 15.8. The summed E-state index contributed by atoms with van der Waals surface area (Å²) < 4.78 is 0. The van der Waals surface area contributed by atoms with Crippen LogP contribution in [-0.2, 0) is 4.79 Å². The van der Waals surface area contributed by atoms with E-state index in [1.807, 2.05) is 39.0 Å². The fourth-order valence-corrected chi connectivity index (χ4v) is 3.13. The van der Waals surface area contributed by atoms with E-state index in [1.165, 1.54) is 4.90 Å². The summed E-state index contributed by atoms with van der Waals surface area (Å²) in [6, 6.07) is 9.08. The van der Waals surface area contributed by atoms with Gasteiger partial charge in [-0.1, -0.05) is 26.0 Å². The highest BCUT2D eigenvalue weighted by Gasteiger charge is 2.28. The average Bonchev–Trinajstić information content (AvgIpc) is 3.16. The molecule has 1 fully saturated rings. The summed E-state index contributed by atoms with van der Waals surface area (Å²) in [6.45, 7) is 6.39. The Kier molecular flexibility index (Phi) is 6.67. The summed E-state index contributed by atoms with van der Waals surface area (Å²) in [5, 5.41) is 12.5. The van der Waals surface area contributed by atoms with Gasteiger partial charge in [-0.15, -0.1) is 0 Å². The SMILES string of the molecule is CC.Cc1cccc2nccc(C(=O)NCC(=O)N3CCCC3C#N)c12. The smallest absolute Gasteiger partial charge is 0.252 e. The number of hydrogen-bond donors (Lipinski definition) is 1. The van der Waals surface area contributed by atoms with Crippen LogP contribution in [0.5, 0.6) is 0 Å². The fraction of sp³-hybridized carbons (Fsp3) is 0.400. The van der Waals surface area contributed by atoms with E-state index in [1.54, 1.807) is 12.3 Å². The van der Waals surface area contributed by atoms with Crippen LogP contribution in [0.1, 0.15) is 42.6 Å². The molecule has 136 valence electrons. The van der Waals surface area contributed by atoms with Gasteiger partial charge in [0.25, 0.3) is 5.91 Å². The van der Waals surface area contributed by atoms with Crippen LogP contribution in [0.2, 0.25) is 0 Å². The third kappa shape index (κ3) is 3.99. The molecule has 2 amide bonds. The van der Waals surface area contributed by atoms with E-state index in [0.717, 1.165) is 22.9 Å². The van der Waals surface area contributed by atoms with Crippen molar-refractivity contribution in [3.63, 3.8) is 0 Å². The molecule has 1 aliphatic heterocycles. The molecule has 1 saturated heterocycles. The Morgan fingerprint density at radius 2 is 2.12 bits per heavy atom. The van der Waals surface area contributed by atoms with Crippen LogP contribution in [-0.4, -0.2) is 40.8 Å². The first-order valence-electron chi connectivity index (χ1n) is 8.93. The lowest BCUT2D eigenvalue weighted by atomic mass is 10.0. The van der Waals surface area contributed by atoms with Gasteiger partial charge >= 0.3 is 0 Å². The van der Waals surface area contributed by atoms with E-state index in [9.17, 15) is 9.59 Å². The van der Waals surface area contributed by atoms with E-state index >= 15 is 0 Å². The molecule has 1 unspecified atom stereocenters. The predicted octanol–water partition coefficient (Wildman–Crippen LogP) is 2.81. The van der Waals surface area contributed by atoms with Gasteiger partial charge in [0.2, 0.25) is 5.91 Å². The van der Waals surface area contributed by atoms with Crippen molar-refractivity contribution in [3.8, 4) is 6.07 Å². The average molecular weight is 352 g/mol. The first-order chi connectivity index (χ1) is 12.6. The van der Waals surface area contributed by atoms with Gasteiger partial charge in [-0.2, -0.15) is 5.26 Å². The van der Waals surface area contributed by atoms with Crippen molar-refractivity contribution in [1.82, 2.24) is 15.2 Å². The molecule has 2 heterocycles. The van der Waals surface area contributed by atoms with Crippen molar-refractivity contribution in [3.05, 3.63) is 41.6 Å². The first-order valence-corrected chi connectivity index (χ1v) is 8.93. The minimum atomic E-state index is -0.376. The monoisotopic (exact) mass is 352 g/mol. The number of amides is 2. The van der Waals surface area contributed by atoms with E-state index in [4.69, 9.17) is 5.26 Å². The quantitative estimate of drug-likeness (QED) is 0.920. The third-order valence-corrected chi connectivity index (χ3v) is 4.34. The lowest BCUT2D eigenvalue weighted by Crippen LogP contribution is -2.42. The Labute approximate surface area is 153 Å². The minimum absolute atomic E-state index is 0.104. The highest BCUT2D eigenvalue weighted by atomic mass is 16.2. The van der Waals surface area contributed by atoms with Crippen molar-refractivity contribution < 1.29 is 9.59 Å². The zero-order valence-electron chi connectivity index (χ0n) is 15.5. The second kappa shape index (κ2) is 8.95. The molecule has 3 rings (SSSR count). The molecule has 0 bridgehead atoms. The number of nitrogens with one attached hydrogen (secondary N) is 1. The molecule has 26 heavy (non-hydrogen) atoms. The lowest BCUT2D eigenvalue weighted by molar-refractivity contribution is -0.130. The van der Waals surface area contributed by atoms with Crippen LogP contribution in [0.25, 0.3) is 10.9 Å². The van der Waals surface area contributed by atoms with Crippen molar-refractivity contribution in [2.24, 2.45) is 0 Å². The number of likely N-dealkylation sites (tertiary alicyclic amines) is 1. The molecular formula is C20H24N4O2. The van der Waals surface area contributed by atoms with E-state index in [2.05, 4.69) is 16.4 Å². The molecule has 0 spiro atoms. The number of benzene rings is 1. The van der Waals surface area contributed by atoms with Gasteiger partial charge in [0.15, 0.2) is 0 Å². The number of aryl methyl sites for hydroxylation is 1. The Morgan fingerprint density at radius 3 is 2.85 bits per heavy atom. The number of rotatable bonds is 3. The van der Waals surface area contributed by atoms with E-state index in [-0.39, 0.29) is 24.4 Å². The topological polar surface area (TPSA) is 86.1 Å². The lowest BCUT2D eigenvalue weighted by Gasteiger charge is -2.19. The molecular weight excluding hydrogens is 328 g/mol. The van der Waals surface area contributed by atoms with Crippen LogP contribution < -0.4 is 5.32 Å². The van der Waals surface area contributed by atoms with E-state index < -0.39 is 0 Å². The summed E-state index contributed by atoms with van der Waals surface area (Å²) in [6.07, 6.45) is 3.11. The van der Waals surface area contributed by atoms with Gasteiger partial charge < -0.3 is 10.2 Å². The highest BCUT2D eigenvalue weighted by Crippen LogP contribution is 2.21. The van der Waals surface area contributed by atoms with Gasteiger partial charge in [0.1, 0.15) is 6.04 Å². The number of carbonyl (C=O) groups is 2. The minimum Gasteiger partial charge on any atom is -0.343 e. The van der Waals surface area contributed by atoms with Gasteiger partial charge in [0, 0.05) is 18.1 Å². The van der Waals surface area contributed by atoms with Crippen molar-refractivity contribution in [2.75, 3.05) is 13.1 Å². The highest BCUT2D eigenvalue weighted by molar-refractivity contribution is 6.07. The Morgan fingerprint density at radius 1 is 1.35 bits per heavy atom. The van der Waals surface area contributed by atoms with Crippen molar-refractivity contribution >= 4 is 22.7 Å². The maximum atomic E-state index is 12.5. The molecule has 6 nitrogen and oxygen atoms in total. The number of carbonyl (C=O) groups excluding carboxylic acids is 2. The molecule has 1 aromatic heterocycles. The maximum Gasteiger partial charge on any atom is 0.252 e. The van der Waals surface area contributed by atoms with Crippen LogP contribution in [0.3, 0.4) is 0 Å². The van der Waals surface area contributed by atoms with Gasteiger partial charge in [-0.3, -0.25) is 14.6 Å². The number of aromatic nitrogens is 1. The number of pyridine rings is 1. The van der Waals surface area contributed by atoms with Crippen LogP contribution in [0, 0.1) is 18.3 Å².